The summed E-state index contributed by atoms with van der Waals surface area (Å²) in [6, 6.07) is 14.9. The van der Waals surface area contributed by atoms with Crippen molar-refractivity contribution in [3.63, 3.8) is 0 Å². The first kappa shape index (κ1) is 23.8. The van der Waals surface area contributed by atoms with Crippen LogP contribution in [0.2, 0.25) is 5.02 Å². The molecule has 170 valence electrons. The number of hydrogen-bond donors (Lipinski definition) is 2. The molecule has 7 nitrogen and oxygen atoms in total. The van der Waals surface area contributed by atoms with Crippen LogP contribution >= 0.6 is 11.6 Å². The number of carbonyl (C=O) groups excluding carboxylic acids is 3. The molecule has 1 fully saturated rings. The van der Waals surface area contributed by atoms with Crippen molar-refractivity contribution in [3.8, 4) is 0 Å². The molecule has 8 heteroatoms. The van der Waals surface area contributed by atoms with Gasteiger partial charge < -0.3 is 20.3 Å². The molecule has 0 unspecified atom stereocenters. The number of rotatable bonds is 8. The van der Waals surface area contributed by atoms with Crippen molar-refractivity contribution in [1.29, 1.82) is 0 Å². The summed E-state index contributed by atoms with van der Waals surface area (Å²) in [5, 5.41) is 6.31. The number of nitrogens with zero attached hydrogens (tertiary/aromatic N) is 1. The van der Waals surface area contributed by atoms with Gasteiger partial charge in [-0.2, -0.15) is 0 Å². The number of carbonyl (C=O) groups is 3. The fourth-order valence-electron chi connectivity index (χ4n) is 3.81. The predicted octanol–water partition coefficient (Wildman–Crippen LogP) is 2.75. The van der Waals surface area contributed by atoms with Crippen LogP contribution in [0.1, 0.15) is 33.6 Å². The predicted molar refractivity (Wildman–Crippen MR) is 123 cm³/mol. The third-order valence-corrected chi connectivity index (χ3v) is 5.85. The highest BCUT2D eigenvalue weighted by Gasteiger charge is 2.34. The van der Waals surface area contributed by atoms with Crippen LogP contribution in [0, 0.1) is 5.92 Å². The van der Waals surface area contributed by atoms with Crippen molar-refractivity contribution >= 4 is 29.3 Å². The van der Waals surface area contributed by atoms with Gasteiger partial charge in [0.15, 0.2) is 0 Å². The van der Waals surface area contributed by atoms with Gasteiger partial charge in [0, 0.05) is 42.9 Å². The summed E-state index contributed by atoms with van der Waals surface area (Å²) >= 11 is 5.91. The van der Waals surface area contributed by atoms with Crippen LogP contribution in [0.3, 0.4) is 0 Å². The molecule has 0 bridgehead atoms. The van der Waals surface area contributed by atoms with Crippen molar-refractivity contribution in [2.75, 3.05) is 33.4 Å². The van der Waals surface area contributed by atoms with E-state index in [9.17, 15) is 14.4 Å². The van der Waals surface area contributed by atoms with Crippen molar-refractivity contribution in [2.24, 2.45) is 5.92 Å². The lowest BCUT2D eigenvalue weighted by atomic mass is 9.88. The number of halogens is 1. The Morgan fingerprint density at radius 2 is 1.69 bits per heavy atom. The molecular formula is C24H28ClN3O4. The van der Waals surface area contributed by atoms with E-state index < -0.39 is 6.04 Å². The monoisotopic (exact) mass is 457 g/mol. The van der Waals surface area contributed by atoms with E-state index in [2.05, 4.69) is 10.6 Å². The summed E-state index contributed by atoms with van der Waals surface area (Å²) in [5.41, 5.74) is 1.08. The van der Waals surface area contributed by atoms with E-state index in [-0.39, 0.29) is 23.6 Å². The molecule has 2 aromatic rings. The fourth-order valence-corrected chi connectivity index (χ4v) is 3.93. The van der Waals surface area contributed by atoms with E-state index in [1.54, 1.807) is 60.5 Å². The van der Waals surface area contributed by atoms with Crippen LogP contribution in [0.25, 0.3) is 0 Å². The Balaban J connectivity index is 1.65. The number of methoxy groups -OCH3 is 1. The number of nitrogens with one attached hydrogen (secondary N) is 2. The zero-order chi connectivity index (χ0) is 22.9. The lowest BCUT2D eigenvalue weighted by Gasteiger charge is -2.36. The molecule has 0 radical (unpaired) electrons. The van der Waals surface area contributed by atoms with Gasteiger partial charge in [0.05, 0.1) is 6.61 Å². The number of ether oxygens (including phenoxy) is 1. The minimum absolute atomic E-state index is 0.0606. The van der Waals surface area contributed by atoms with Gasteiger partial charge in [-0.15, -0.1) is 0 Å². The molecule has 2 N–H and O–H groups in total. The summed E-state index contributed by atoms with van der Waals surface area (Å²) in [4.78, 5) is 40.2. The second kappa shape index (κ2) is 11.6. The van der Waals surface area contributed by atoms with Crippen molar-refractivity contribution in [3.05, 3.63) is 70.7 Å². The van der Waals surface area contributed by atoms with Crippen LogP contribution in [0.5, 0.6) is 0 Å². The highest BCUT2D eigenvalue weighted by molar-refractivity contribution is 6.30. The lowest BCUT2D eigenvalue weighted by molar-refractivity contribution is -0.124. The maximum absolute atomic E-state index is 12.9. The normalized spacial score (nSPS) is 15.1. The Kier molecular flexibility index (Phi) is 8.64. The first-order valence-electron chi connectivity index (χ1n) is 10.7. The third-order valence-electron chi connectivity index (χ3n) is 5.60. The highest BCUT2D eigenvalue weighted by Crippen LogP contribution is 2.23. The quantitative estimate of drug-likeness (QED) is 0.597. The standard InChI is InChI=1S/C24H28ClN3O4/c1-32-16-13-26-23(30)21(27-22(29)18-5-3-2-4-6-18)17-11-14-28(15-12-17)24(31)19-7-9-20(25)10-8-19/h2-10,17,21H,11-16H2,1H3,(H,26,30)(H,27,29)/t21-/m1/s1. The van der Waals surface area contributed by atoms with Crippen LogP contribution in [-0.4, -0.2) is 62.0 Å². The molecule has 1 heterocycles. The summed E-state index contributed by atoms with van der Waals surface area (Å²) in [6.07, 6.45) is 1.22. The van der Waals surface area contributed by atoms with Crippen LogP contribution in [0.4, 0.5) is 0 Å². The SMILES string of the molecule is COCCNC(=O)[C@H](NC(=O)c1ccccc1)C1CCN(C(=O)c2ccc(Cl)cc2)CC1. The Morgan fingerprint density at radius 3 is 2.31 bits per heavy atom. The Bertz CT molecular complexity index is 913. The van der Waals surface area contributed by atoms with Gasteiger partial charge in [0.2, 0.25) is 5.91 Å². The molecule has 1 saturated heterocycles. The number of hydrogen-bond acceptors (Lipinski definition) is 4. The number of benzene rings is 2. The fraction of sp³-hybridized carbons (Fsp3) is 0.375. The maximum atomic E-state index is 12.9. The number of piperidine rings is 1. The maximum Gasteiger partial charge on any atom is 0.253 e. The Morgan fingerprint density at radius 1 is 1.03 bits per heavy atom. The summed E-state index contributed by atoms with van der Waals surface area (Å²) in [5.74, 6) is -0.681. The van der Waals surface area contributed by atoms with Crippen LogP contribution in [0.15, 0.2) is 54.6 Å². The topological polar surface area (TPSA) is 87.7 Å². The minimum Gasteiger partial charge on any atom is -0.383 e. The molecule has 3 rings (SSSR count). The molecule has 32 heavy (non-hydrogen) atoms. The second-order valence-electron chi connectivity index (χ2n) is 7.74. The smallest absolute Gasteiger partial charge is 0.253 e. The molecule has 0 aliphatic carbocycles. The summed E-state index contributed by atoms with van der Waals surface area (Å²) < 4.78 is 5.00. The van der Waals surface area contributed by atoms with E-state index in [1.165, 1.54) is 0 Å². The number of likely N-dealkylation sites (tertiary alicyclic amines) is 1. The van der Waals surface area contributed by atoms with E-state index in [1.807, 2.05) is 6.07 Å². The molecule has 2 aromatic carbocycles. The lowest BCUT2D eigenvalue weighted by Crippen LogP contribution is -2.54. The number of amides is 3. The van der Waals surface area contributed by atoms with Gasteiger partial charge in [0.1, 0.15) is 6.04 Å². The van der Waals surface area contributed by atoms with E-state index in [4.69, 9.17) is 16.3 Å². The van der Waals surface area contributed by atoms with Gasteiger partial charge in [-0.1, -0.05) is 29.8 Å². The van der Waals surface area contributed by atoms with Gasteiger partial charge in [0.25, 0.3) is 11.8 Å². The second-order valence-corrected chi connectivity index (χ2v) is 8.17. The Labute approximate surface area is 193 Å². The van der Waals surface area contributed by atoms with Gasteiger partial charge in [-0.3, -0.25) is 14.4 Å². The van der Waals surface area contributed by atoms with Gasteiger partial charge in [-0.25, -0.2) is 0 Å². The van der Waals surface area contributed by atoms with E-state index >= 15 is 0 Å². The highest BCUT2D eigenvalue weighted by atomic mass is 35.5. The molecular weight excluding hydrogens is 430 g/mol. The molecule has 1 aliphatic rings. The first-order valence-corrected chi connectivity index (χ1v) is 11.0. The van der Waals surface area contributed by atoms with Crippen LogP contribution < -0.4 is 10.6 Å². The molecule has 0 spiro atoms. The first-order chi connectivity index (χ1) is 15.5. The molecule has 1 aliphatic heterocycles. The van der Waals surface area contributed by atoms with Crippen LogP contribution in [-0.2, 0) is 9.53 Å². The average Bonchev–Trinajstić information content (AvgIpc) is 2.83. The zero-order valence-electron chi connectivity index (χ0n) is 18.1. The zero-order valence-corrected chi connectivity index (χ0v) is 18.8. The Hall–Kier alpha value is -2.90. The van der Waals surface area contributed by atoms with Crippen molar-refractivity contribution in [2.45, 2.75) is 18.9 Å². The van der Waals surface area contributed by atoms with E-state index in [0.29, 0.717) is 55.2 Å². The van der Waals surface area contributed by atoms with Crippen molar-refractivity contribution in [1.82, 2.24) is 15.5 Å². The molecule has 0 saturated carbocycles. The summed E-state index contributed by atoms with van der Waals surface area (Å²) in [7, 11) is 1.56. The van der Waals surface area contributed by atoms with E-state index in [0.717, 1.165) is 0 Å². The third kappa shape index (κ3) is 6.31. The minimum atomic E-state index is -0.688. The summed E-state index contributed by atoms with van der Waals surface area (Å²) in [6.45, 7) is 1.77. The molecule has 3 amide bonds. The molecule has 0 aromatic heterocycles. The molecule has 1 atom stereocenters. The van der Waals surface area contributed by atoms with Crippen molar-refractivity contribution < 1.29 is 19.1 Å². The largest absolute Gasteiger partial charge is 0.383 e. The van der Waals surface area contributed by atoms with Gasteiger partial charge in [-0.05, 0) is 55.2 Å². The van der Waals surface area contributed by atoms with Gasteiger partial charge >= 0.3 is 0 Å². The average molecular weight is 458 g/mol.